The van der Waals surface area contributed by atoms with E-state index >= 15 is 0 Å². The normalized spacial score (nSPS) is 21.8. The van der Waals surface area contributed by atoms with Gasteiger partial charge in [-0.05, 0) is 26.1 Å². The Kier molecular flexibility index (Phi) is 4.57. The molecule has 1 N–H and O–H groups in total. The lowest BCUT2D eigenvalue weighted by Gasteiger charge is -2.11. The number of thioether (sulfide) groups is 1. The highest BCUT2D eigenvalue weighted by Gasteiger charge is 2.32. The van der Waals surface area contributed by atoms with E-state index in [1.165, 1.54) is 10.5 Å². The van der Waals surface area contributed by atoms with E-state index in [2.05, 4.69) is 46.6 Å². The van der Waals surface area contributed by atoms with Gasteiger partial charge in [0, 0.05) is 10.9 Å². The minimum atomic E-state index is 0.153. The van der Waals surface area contributed by atoms with E-state index in [4.69, 9.17) is 9.26 Å². The summed E-state index contributed by atoms with van der Waals surface area (Å²) in [5.74, 6) is 2.27. The summed E-state index contributed by atoms with van der Waals surface area (Å²) in [7, 11) is 1.93. The second kappa shape index (κ2) is 6.60. The first-order chi connectivity index (χ1) is 10.3. The largest absolute Gasteiger partial charge is 0.379 e. The maximum absolute atomic E-state index is 5.47. The minimum absolute atomic E-state index is 0.153. The van der Waals surface area contributed by atoms with Crippen LogP contribution in [0.25, 0.3) is 0 Å². The van der Waals surface area contributed by atoms with Crippen molar-refractivity contribution in [3.63, 3.8) is 0 Å². The van der Waals surface area contributed by atoms with E-state index in [9.17, 15) is 0 Å². The molecule has 6 heteroatoms. The van der Waals surface area contributed by atoms with Crippen LogP contribution in [0.15, 0.2) is 33.7 Å². The van der Waals surface area contributed by atoms with Crippen molar-refractivity contribution in [3.8, 4) is 0 Å². The molecular formula is C15H19N3O2S. The van der Waals surface area contributed by atoms with Crippen molar-refractivity contribution in [2.24, 2.45) is 0 Å². The molecule has 1 aromatic heterocycles. The number of likely N-dealkylation sites (N-methyl/N-ethyl adjacent to an activating group) is 1. The number of benzene rings is 1. The van der Waals surface area contributed by atoms with Crippen molar-refractivity contribution in [2.45, 2.75) is 29.5 Å². The van der Waals surface area contributed by atoms with Gasteiger partial charge in [-0.1, -0.05) is 22.9 Å². The number of hydrogen-bond donors (Lipinski definition) is 1. The molecule has 0 spiro atoms. The topological polar surface area (TPSA) is 60.2 Å². The molecule has 21 heavy (non-hydrogen) atoms. The van der Waals surface area contributed by atoms with Crippen LogP contribution in [0, 0.1) is 6.92 Å². The van der Waals surface area contributed by atoms with Crippen LogP contribution in [0.3, 0.4) is 0 Å². The fraction of sp³-hybridized carbons (Fsp3) is 0.467. The van der Waals surface area contributed by atoms with E-state index < -0.39 is 0 Å². The molecule has 2 aromatic rings. The van der Waals surface area contributed by atoms with E-state index in [-0.39, 0.29) is 12.0 Å². The van der Waals surface area contributed by atoms with Crippen LogP contribution in [0.4, 0.5) is 0 Å². The fourth-order valence-electron chi connectivity index (χ4n) is 2.34. The summed E-state index contributed by atoms with van der Waals surface area (Å²) < 4.78 is 10.9. The van der Waals surface area contributed by atoms with Crippen molar-refractivity contribution < 1.29 is 9.26 Å². The molecule has 1 aliphatic heterocycles. The number of nitrogens with one attached hydrogen (secondary N) is 1. The molecule has 0 radical (unpaired) electrons. The number of rotatable bonds is 5. The van der Waals surface area contributed by atoms with Gasteiger partial charge in [0.25, 0.3) is 0 Å². The molecule has 1 saturated heterocycles. The van der Waals surface area contributed by atoms with Crippen molar-refractivity contribution in [1.29, 1.82) is 0 Å². The zero-order valence-corrected chi connectivity index (χ0v) is 13.0. The summed E-state index contributed by atoms with van der Waals surface area (Å²) in [6, 6.07) is 8.70. The summed E-state index contributed by atoms with van der Waals surface area (Å²) in [6.45, 7) is 3.41. The molecule has 2 atom stereocenters. The Labute approximate surface area is 128 Å². The molecule has 5 nitrogen and oxygen atoms in total. The van der Waals surface area contributed by atoms with Crippen LogP contribution in [0.5, 0.6) is 0 Å². The SMILES string of the molecule is CNC1COCC1c1nc(CSc2ccc(C)cc2)no1. The number of ether oxygens (including phenoxy) is 1. The summed E-state index contributed by atoms with van der Waals surface area (Å²) in [6.07, 6.45) is 0. The Morgan fingerprint density at radius 3 is 2.86 bits per heavy atom. The monoisotopic (exact) mass is 305 g/mol. The summed E-state index contributed by atoms with van der Waals surface area (Å²) in [4.78, 5) is 5.72. The third-order valence-electron chi connectivity index (χ3n) is 3.64. The van der Waals surface area contributed by atoms with Gasteiger partial charge in [-0.15, -0.1) is 11.8 Å². The molecule has 0 aliphatic carbocycles. The summed E-state index contributed by atoms with van der Waals surface area (Å²) in [5, 5.41) is 7.30. The molecule has 112 valence electrons. The van der Waals surface area contributed by atoms with Gasteiger partial charge in [-0.3, -0.25) is 0 Å². The van der Waals surface area contributed by atoms with Crippen molar-refractivity contribution in [1.82, 2.24) is 15.5 Å². The highest BCUT2D eigenvalue weighted by Crippen LogP contribution is 2.26. The quantitative estimate of drug-likeness (QED) is 0.856. The van der Waals surface area contributed by atoms with E-state index in [0.717, 1.165) is 5.82 Å². The third-order valence-corrected chi connectivity index (χ3v) is 4.65. The average Bonchev–Trinajstić information content (AvgIpc) is 3.15. The number of hydrogen-bond acceptors (Lipinski definition) is 6. The van der Waals surface area contributed by atoms with E-state index in [1.54, 1.807) is 11.8 Å². The second-order valence-corrected chi connectivity index (χ2v) is 6.24. The summed E-state index contributed by atoms with van der Waals surface area (Å²) >= 11 is 1.71. The van der Waals surface area contributed by atoms with Crippen LogP contribution >= 0.6 is 11.8 Å². The molecule has 2 unspecified atom stereocenters. The van der Waals surface area contributed by atoms with Gasteiger partial charge >= 0.3 is 0 Å². The van der Waals surface area contributed by atoms with Crippen LogP contribution in [0.1, 0.15) is 23.2 Å². The maximum atomic E-state index is 5.47. The predicted octanol–water partition coefficient (Wildman–Crippen LogP) is 2.37. The Morgan fingerprint density at radius 2 is 2.10 bits per heavy atom. The third kappa shape index (κ3) is 3.45. The lowest BCUT2D eigenvalue weighted by atomic mass is 10.0. The van der Waals surface area contributed by atoms with Crippen molar-refractivity contribution in [2.75, 3.05) is 20.3 Å². The fourth-order valence-corrected chi connectivity index (χ4v) is 3.08. The Bertz CT molecular complexity index is 585. The Balaban J connectivity index is 1.61. The van der Waals surface area contributed by atoms with Gasteiger partial charge in [-0.25, -0.2) is 0 Å². The van der Waals surface area contributed by atoms with Gasteiger partial charge in [-0.2, -0.15) is 4.98 Å². The molecule has 0 saturated carbocycles. The summed E-state index contributed by atoms with van der Waals surface area (Å²) in [5.41, 5.74) is 1.26. The Morgan fingerprint density at radius 1 is 1.29 bits per heavy atom. The number of aromatic nitrogens is 2. The van der Waals surface area contributed by atoms with Crippen molar-refractivity contribution in [3.05, 3.63) is 41.5 Å². The molecule has 0 amide bonds. The highest BCUT2D eigenvalue weighted by molar-refractivity contribution is 7.98. The molecule has 3 rings (SSSR count). The highest BCUT2D eigenvalue weighted by atomic mass is 32.2. The molecule has 1 aliphatic rings. The van der Waals surface area contributed by atoms with Crippen LogP contribution in [0.2, 0.25) is 0 Å². The van der Waals surface area contributed by atoms with Gasteiger partial charge in [0.2, 0.25) is 5.89 Å². The minimum Gasteiger partial charge on any atom is -0.379 e. The van der Waals surface area contributed by atoms with Crippen LogP contribution in [-0.2, 0) is 10.5 Å². The van der Waals surface area contributed by atoms with E-state index in [1.807, 2.05) is 7.05 Å². The first-order valence-electron chi connectivity index (χ1n) is 7.03. The smallest absolute Gasteiger partial charge is 0.233 e. The van der Waals surface area contributed by atoms with Gasteiger partial charge < -0.3 is 14.6 Å². The standard InChI is InChI=1S/C15H19N3O2S/c1-10-3-5-11(6-4-10)21-9-14-17-15(20-18-14)12-7-19-8-13(12)16-2/h3-6,12-13,16H,7-9H2,1-2H3. The first-order valence-corrected chi connectivity index (χ1v) is 8.02. The molecule has 0 bridgehead atoms. The number of nitrogens with zero attached hydrogens (tertiary/aromatic N) is 2. The lowest BCUT2D eigenvalue weighted by molar-refractivity contribution is 0.185. The second-order valence-electron chi connectivity index (χ2n) is 5.19. The molecule has 1 aromatic carbocycles. The molecular weight excluding hydrogens is 286 g/mol. The zero-order valence-electron chi connectivity index (χ0n) is 12.2. The molecule has 1 fully saturated rings. The van der Waals surface area contributed by atoms with E-state index in [0.29, 0.717) is 24.9 Å². The number of aryl methyl sites for hydroxylation is 1. The molecule has 2 heterocycles. The zero-order chi connectivity index (χ0) is 14.7. The lowest BCUT2D eigenvalue weighted by Crippen LogP contribution is -2.31. The first kappa shape index (κ1) is 14.6. The van der Waals surface area contributed by atoms with Crippen LogP contribution in [-0.4, -0.2) is 36.4 Å². The van der Waals surface area contributed by atoms with Gasteiger partial charge in [0.05, 0.1) is 24.9 Å². The van der Waals surface area contributed by atoms with Gasteiger partial charge in [0.1, 0.15) is 0 Å². The maximum Gasteiger partial charge on any atom is 0.233 e. The average molecular weight is 305 g/mol. The van der Waals surface area contributed by atoms with Gasteiger partial charge in [0.15, 0.2) is 5.82 Å². The van der Waals surface area contributed by atoms with Crippen molar-refractivity contribution >= 4 is 11.8 Å². The Hall–Kier alpha value is -1.37. The predicted molar refractivity (Wildman–Crippen MR) is 81.4 cm³/mol. The van der Waals surface area contributed by atoms with Crippen LogP contribution < -0.4 is 5.32 Å².